The predicted octanol–water partition coefficient (Wildman–Crippen LogP) is 13.0. The van der Waals surface area contributed by atoms with E-state index >= 15 is 0 Å². The van der Waals surface area contributed by atoms with Gasteiger partial charge in [0.2, 0.25) is 0 Å². The number of nitrogens with one attached hydrogen (secondary N) is 2. The molecule has 105 heavy (non-hydrogen) atoms. The first kappa shape index (κ1) is 66.8. The number of pyridine rings is 1. The molecule has 1 unspecified atom stereocenters. The molecule has 14 heterocycles. The van der Waals surface area contributed by atoms with Gasteiger partial charge in [0, 0.05) is 123 Å². The van der Waals surface area contributed by atoms with Crippen molar-refractivity contribution in [3.8, 4) is 97.1 Å². The van der Waals surface area contributed by atoms with Crippen molar-refractivity contribution >= 4 is 17.2 Å². The van der Waals surface area contributed by atoms with Crippen molar-refractivity contribution in [1.82, 2.24) is 78.5 Å². The normalized spacial score (nSPS) is 17.3. The Balaban J connectivity index is 0.000000116. The Morgan fingerprint density at radius 2 is 1.02 bits per heavy atom. The fourth-order valence-electron chi connectivity index (χ4n) is 16.5. The van der Waals surface area contributed by atoms with Gasteiger partial charge in [-0.3, -0.25) is 13.7 Å². The van der Waals surface area contributed by atoms with E-state index in [1.165, 1.54) is 80.7 Å². The molecule has 7 aliphatic rings. The summed E-state index contributed by atoms with van der Waals surface area (Å²) in [5.41, 5.74) is 18.8. The Morgan fingerprint density at radius 1 is 0.514 bits per heavy atom. The molecule has 0 bridgehead atoms. The van der Waals surface area contributed by atoms with Crippen LogP contribution in [0, 0.1) is 46.1 Å². The van der Waals surface area contributed by atoms with Crippen LogP contribution in [-0.2, 0) is 19.6 Å². The Bertz CT molecular complexity index is 5240. The molecule has 0 aliphatic carbocycles. The first-order valence-corrected chi connectivity index (χ1v) is 36.9. The predicted molar refractivity (Wildman–Crippen MR) is 403 cm³/mol. The number of halogens is 2. The first-order valence-electron chi connectivity index (χ1n) is 36.9. The van der Waals surface area contributed by atoms with Gasteiger partial charge in [-0.05, 0) is 222 Å². The van der Waals surface area contributed by atoms with Crippen molar-refractivity contribution in [2.45, 2.75) is 90.5 Å². The van der Waals surface area contributed by atoms with E-state index in [0.717, 1.165) is 163 Å². The molecule has 3 atom stereocenters. The molecule has 21 nitrogen and oxygen atoms in total. The van der Waals surface area contributed by atoms with Gasteiger partial charge in [0.15, 0.2) is 17.5 Å². The number of hydrogen-bond donors (Lipinski definition) is 2. The molecular formula is C82H83F2N21. The van der Waals surface area contributed by atoms with Gasteiger partial charge in [-0.2, -0.15) is 10.5 Å². The number of benzene rings is 5. The number of likely N-dealkylation sites (tertiary alicyclic amines) is 1. The van der Waals surface area contributed by atoms with E-state index in [-0.39, 0.29) is 0 Å². The zero-order chi connectivity index (χ0) is 71.2. The monoisotopic (exact) mass is 1400 g/mol. The summed E-state index contributed by atoms with van der Waals surface area (Å²) >= 11 is 0. The van der Waals surface area contributed by atoms with Gasteiger partial charge in [0.05, 0.1) is 69.6 Å². The third-order valence-electron chi connectivity index (χ3n) is 22.4. The number of aromatic nitrogens is 13. The molecule has 23 heteroatoms. The third kappa shape index (κ3) is 13.2. The number of piperidine rings is 1. The van der Waals surface area contributed by atoms with Gasteiger partial charge in [0.1, 0.15) is 36.4 Å². The Kier molecular flexibility index (Phi) is 18.3. The third-order valence-corrected chi connectivity index (χ3v) is 22.4. The summed E-state index contributed by atoms with van der Waals surface area (Å²) < 4.78 is 40.7. The van der Waals surface area contributed by atoms with Gasteiger partial charge in [0.25, 0.3) is 0 Å². The Labute approximate surface area is 609 Å². The largest absolute Gasteiger partial charge is 0.371 e. The SMILES string of the molecule is CC[C@@H](C)NC[C@H]1CCN(c2ccc3c(c2)Cn2cc(-c4ccc(F)cc4F)cc2-c2nncn2-3)C1.CNCC1CCN(c2ccc3c(n2)Cn2cc(-c4ccc(C#N)cc4)cc2-c2nncn2-3)C1.N#Cc1ccc(-c2cc3n(c2)Cc2cc(N4CCC(N5CCCC5)CC4)ccc2-n2cnnc2-3)cc1. The van der Waals surface area contributed by atoms with Crippen LogP contribution in [0.25, 0.3) is 85.0 Å². The first-order chi connectivity index (χ1) is 51.5. The molecule has 0 amide bonds. The average molecular weight is 1400 g/mol. The van der Waals surface area contributed by atoms with Crippen molar-refractivity contribution in [3.63, 3.8) is 0 Å². The van der Waals surface area contributed by atoms with Crippen molar-refractivity contribution in [2.24, 2.45) is 11.8 Å². The second-order valence-electron chi connectivity index (χ2n) is 29.0. The highest BCUT2D eigenvalue weighted by atomic mass is 19.1. The maximum Gasteiger partial charge on any atom is 0.185 e. The van der Waals surface area contributed by atoms with E-state index in [1.54, 1.807) is 12.7 Å². The summed E-state index contributed by atoms with van der Waals surface area (Å²) in [6.45, 7) is 17.6. The number of fused-ring (bicyclic) bond motifs is 15. The maximum atomic E-state index is 14.5. The second-order valence-corrected chi connectivity index (χ2v) is 29.0. The molecule has 0 radical (unpaired) electrons. The quantitative estimate of drug-likeness (QED) is 0.110. The van der Waals surface area contributed by atoms with Gasteiger partial charge < -0.3 is 43.9 Å². The van der Waals surface area contributed by atoms with E-state index in [2.05, 4.69) is 178 Å². The van der Waals surface area contributed by atoms with Gasteiger partial charge in [-0.15, -0.1) is 30.6 Å². The standard InChI is InChI=1S/C29H29N7.C28H30F2N6.C25H24N8/c30-17-21-3-5-22(6-4-21)23-16-28-29-32-31-20-36(29)27-8-7-26(15-24(27)19-35(28)18-23)34-13-9-25(10-14-34)33-11-1-2-12-33;1-3-18(2)31-13-19-8-9-34(14-19)23-5-7-26-21(10-23)16-35-15-20(24-6-4-22(29)12-25(24)30)11-27(35)28-33-32-17-36(26)28;1-27-12-18-8-9-31(13-18)24-7-6-22-21(29-24)15-32-14-20(19-4-2-17(11-26)3-5-19)10-23(32)25-30-28-16-33(22)25/h3-8,15-16,18,20,25H,1-2,9-14,19H2;4-7,10-12,15,17-19,31H,3,8-9,13-14,16H2,1-2H3;2-7,10,14,16,18,27H,8-9,12-13,15H2,1H3/t;18-,19-;/m.1./s1. The average Bonchev–Trinajstić information content (AvgIpc) is 1.63. The van der Waals surface area contributed by atoms with E-state index in [0.29, 0.717) is 59.0 Å². The van der Waals surface area contributed by atoms with Crippen molar-refractivity contribution in [3.05, 3.63) is 211 Å². The zero-order valence-electron chi connectivity index (χ0n) is 59.4. The minimum absolute atomic E-state index is 0.367. The minimum Gasteiger partial charge on any atom is -0.371 e. The highest BCUT2D eigenvalue weighted by Crippen LogP contribution is 2.41. The molecule has 530 valence electrons. The summed E-state index contributed by atoms with van der Waals surface area (Å²) in [5.74, 6) is 3.53. The van der Waals surface area contributed by atoms with Crippen LogP contribution in [0.3, 0.4) is 0 Å². The molecule has 4 saturated heterocycles. The van der Waals surface area contributed by atoms with Crippen LogP contribution >= 0.6 is 0 Å². The molecule has 7 aromatic heterocycles. The molecule has 0 saturated carbocycles. The highest BCUT2D eigenvalue weighted by Gasteiger charge is 2.32. The second kappa shape index (κ2) is 28.7. The smallest absolute Gasteiger partial charge is 0.185 e. The molecule has 0 spiro atoms. The van der Waals surface area contributed by atoms with Gasteiger partial charge in [-0.1, -0.05) is 31.2 Å². The maximum absolute atomic E-state index is 14.5. The summed E-state index contributed by atoms with van der Waals surface area (Å²) in [5, 5.41) is 51.1. The van der Waals surface area contributed by atoms with E-state index < -0.39 is 11.6 Å². The number of nitriles is 2. The van der Waals surface area contributed by atoms with Crippen LogP contribution in [0.1, 0.15) is 86.7 Å². The summed E-state index contributed by atoms with van der Waals surface area (Å²) in [4.78, 5) is 15.2. The lowest BCUT2D eigenvalue weighted by atomic mass is 10.0. The fraction of sp³-hybridized carbons (Fsp3) is 0.329. The Hall–Kier alpha value is -11.4. The number of rotatable bonds is 13. The summed E-state index contributed by atoms with van der Waals surface area (Å²) in [6.07, 6.45) is 20.3. The van der Waals surface area contributed by atoms with Crippen LogP contribution in [0.2, 0.25) is 0 Å². The molecule has 12 aromatic rings. The van der Waals surface area contributed by atoms with Crippen molar-refractivity contribution in [1.29, 1.82) is 10.5 Å². The van der Waals surface area contributed by atoms with Crippen LogP contribution in [0.5, 0.6) is 0 Å². The van der Waals surface area contributed by atoms with Crippen molar-refractivity contribution in [2.75, 3.05) is 87.2 Å². The van der Waals surface area contributed by atoms with Crippen molar-refractivity contribution < 1.29 is 8.78 Å². The topological polar surface area (TPSA) is 204 Å². The van der Waals surface area contributed by atoms with E-state index in [9.17, 15) is 8.78 Å². The lowest BCUT2D eigenvalue weighted by Gasteiger charge is -2.38. The lowest BCUT2D eigenvalue weighted by Crippen LogP contribution is -2.43. The van der Waals surface area contributed by atoms with Crippen LogP contribution in [-0.4, -0.2) is 152 Å². The molecule has 19 rings (SSSR count). The molecule has 2 N–H and O–H groups in total. The lowest BCUT2D eigenvalue weighted by molar-refractivity contribution is 0.208. The van der Waals surface area contributed by atoms with Crippen LogP contribution in [0.4, 0.5) is 26.0 Å². The van der Waals surface area contributed by atoms with Crippen LogP contribution < -0.4 is 25.3 Å². The summed E-state index contributed by atoms with van der Waals surface area (Å²) in [6, 6.07) is 48.7. The number of hydrogen-bond acceptors (Lipinski definition) is 15. The number of anilines is 3. The zero-order valence-corrected chi connectivity index (χ0v) is 59.4. The molecular weight excluding hydrogens is 1320 g/mol. The number of nitrogens with zero attached hydrogens (tertiary/aromatic N) is 19. The van der Waals surface area contributed by atoms with Gasteiger partial charge >= 0.3 is 0 Å². The molecule has 4 fully saturated rings. The molecule has 5 aromatic carbocycles. The fourth-order valence-corrected chi connectivity index (χ4v) is 16.5. The van der Waals surface area contributed by atoms with E-state index in [1.807, 2.05) is 83.3 Å². The molecule has 7 aliphatic heterocycles. The minimum atomic E-state index is -0.585. The Morgan fingerprint density at radius 3 is 1.58 bits per heavy atom. The van der Waals surface area contributed by atoms with Crippen LogP contribution in [0.15, 0.2) is 171 Å². The highest BCUT2D eigenvalue weighted by molar-refractivity contribution is 5.76. The van der Waals surface area contributed by atoms with E-state index in [4.69, 9.17) is 15.5 Å². The summed E-state index contributed by atoms with van der Waals surface area (Å²) in [7, 11) is 2.01. The van der Waals surface area contributed by atoms with Gasteiger partial charge in [-0.25, -0.2) is 13.8 Å².